The summed E-state index contributed by atoms with van der Waals surface area (Å²) in [7, 11) is 0. The first-order valence-electron chi connectivity index (χ1n) is 7.37. The van der Waals surface area contributed by atoms with E-state index in [1.54, 1.807) is 25.1 Å². The standard InChI is InChI=1S/C16H20O8/c1-8-3-2-4-9(5-8)10(18)6-12(19)16(23)13(20)11(7-17)24-15(22)14(16)21/h2-5,11,13-15,17,20-23H,6-7H2,1H3/t11-,13-,14+,15+,16+/m1/s1. The second-order valence-electron chi connectivity index (χ2n) is 5.86. The molecule has 24 heavy (non-hydrogen) atoms. The number of aliphatic hydroxyl groups is 5. The maximum absolute atomic E-state index is 12.4. The molecule has 5 N–H and O–H groups in total. The quantitative estimate of drug-likeness (QED) is 0.315. The molecule has 1 heterocycles. The molecule has 1 saturated heterocycles. The van der Waals surface area contributed by atoms with Crippen LogP contribution in [-0.2, 0) is 9.53 Å². The van der Waals surface area contributed by atoms with E-state index in [2.05, 4.69) is 0 Å². The first kappa shape index (κ1) is 18.7. The number of aliphatic hydroxyl groups excluding tert-OH is 4. The number of rotatable bonds is 5. The van der Waals surface area contributed by atoms with Gasteiger partial charge in [0.2, 0.25) is 0 Å². The molecule has 8 heteroatoms. The van der Waals surface area contributed by atoms with E-state index < -0.39 is 54.8 Å². The van der Waals surface area contributed by atoms with Crippen LogP contribution in [0.5, 0.6) is 0 Å². The Morgan fingerprint density at radius 2 is 1.88 bits per heavy atom. The topological polar surface area (TPSA) is 145 Å². The van der Waals surface area contributed by atoms with E-state index in [1.807, 2.05) is 0 Å². The summed E-state index contributed by atoms with van der Waals surface area (Å²) < 4.78 is 4.72. The Morgan fingerprint density at radius 1 is 1.21 bits per heavy atom. The minimum absolute atomic E-state index is 0.238. The number of hydrogen-bond donors (Lipinski definition) is 5. The van der Waals surface area contributed by atoms with Crippen LogP contribution >= 0.6 is 0 Å². The van der Waals surface area contributed by atoms with Crippen LogP contribution in [0.25, 0.3) is 0 Å². The van der Waals surface area contributed by atoms with Gasteiger partial charge in [0.25, 0.3) is 0 Å². The van der Waals surface area contributed by atoms with Gasteiger partial charge in [-0.15, -0.1) is 0 Å². The van der Waals surface area contributed by atoms with Crippen LogP contribution in [0.1, 0.15) is 22.3 Å². The van der Waals surface area contributed by atoms with E-state index >= 15 is 0 Å². The number of ketones is 2. The largest absolute Gasteiger partial charge is 0.394 e. The summed E-state index contributed by atoms with van der Waals surface area (Å²) in [5.74, 6) is -1.78. The minimum Gasteiger partial charge on any atom is -0.394 e. The van der Waals surface area contributed by atoms with Crippen molar-refractivity contribution < 1.29 is 39.9 Å². The monoisotopic (exact) mass is 340 g/mol. The Labute approximate surface area is 137 Å². The zero-order chi connectivity index (χ0) is 18.1. The number of Topliss-reactive ketones (excluding diaryl/α,β-unsaturated/α-hetero) is 2. The fourth-order valence-electron chi connectivity index (χ4n) is 2.68. The Bertz CT molecular complexity index is 630. The highest BCUT2D eigenvalue weighted by Gasteiger charge is 2.59. The maximum atomic E-state index is 12.4. The van der Waals surface area contributed by atoms with Crippen LogP contribution in [0.15, 0.2) is 24.3 Å². The van der Waals surface area contributed by atoms with Gasteiger partial charge < -0.3 is 30.3 Å². The predicted molar refractivity (Wildman–Crippen MR) is 80.1 cm³/mol. The fraction of sp³-hybridized carbons (Fsp3) is 0.500. The lowest BCUT2D eigenvalue weighted by atomic mass is 9.78. The number of hydrogen-bond acceptors (Lipinski definition) is 8. The van der Waals surface area contributed by atoms with Gasteiger partial charge in [0.1, 0.15) is 18.3 Å². The SMILES string of the molecule is Cc1cccc(C(=O)CC(=O)[C@]2(O)[C@H](O)[C@@H](CO)O[C@H](O)[C@@H]2O)c1. The van der Waals surface area contributed by atoms with Crippen LogP contribution in [0.3, 0.4) is 0 Å². The summed E-state index contributed by atoms with van der Waals surface area (Å²) >= 11 is 0. The Morgan fingerprint density at radius 3 is 2.46 bits per heavy atom. The first-order chi connectivity index (χ1) is 11.2. The third-order valence-electron chi connectivity index (χ3n) is 4.13. The van der Waals surface area contributed by atoms with Crippen molar-refractivity contribution in [2.75, 3.05) is 6.61 Å². The van der Waals surface area contributed by atoms with Crippen molar-refractivity contribution in [3.63, 3.8) is 0 Å². The van der Waals surface area contributed by atoms with Crippen LogP contribution in [0.4, 0.5) is 0 Å². The lowest BCUT2D eigenvalue weighted by Crippen LogP contribution is -2.70. The Hall–Kier alpha value is -1.68. The number of benzene rings is 1. The van der Waals surface area contributed by atoms with Crippen molar-refractivity contribution in [2.45, 2.75) is 43.5 Å². The molecule has 0 spiro atoms. The normalized spacial score (nSPS) is 33.2. The molecule has 0 saturated carbocycles. The van der Waals surface area contributed by atoms with Crippen LogP contribution in [-0.4, -0.2) is 73.9 Å². The second kappa shape index (κ2) is 7.06. The van der Waals surface area contributed by atoms with Crippen molar-refractivity contribution in [1.29, 1.82) is 0 Å². The molecule has 1 aliphatic rings. The van der Waals surface area contributed by atoms with Crippen LogP contribution < -0.4 is 0 Å². The Kier molecular flexibility index (Phi) is 5.49. The van der Waals surface area contributed by atoms with Crippen molar-refractivity contribution in [2.24, 2.45) is 0 Å². The molecule has 1 aromatic carbocycles. The van der Waals surface area contributed by atoms with E-state index in [9.17, 15) is 30.0 Å². The highest BCUT2D eigenvalue weighted by molar-refractivity contribution is 6.10. The number of ether oxygens (including phenoxy) is 1. The molecule has 0 aromatic heterocycles. The molecular formula is C16H20O8. The van der Waals surface area contributed by atoms with Gasteiger partial charge in [0.15, 0.2) is 23.5 Å². The molecule has 132 valence electrons. The van der Waals surface area contributed by atoms with E-state index in [1.165, 1.54) is 6.07 Å². The fourth-order valence-corrected chi connectivity index (χ4v) is 2.68. The molecule has 8 nitrogen and oxygen atoms in total. The molecule has 0 amide bonds. The van der Waals surface area contributed by atoms with Crippen molar-refractivity contribution >= 4 is 11.6 Å². The average molecular weight is 340 g/mol. The summed E-state index contributed by atoms with van der Waals surface area (Å²) in [5, 5.41) is 49.0. The summed E-state index contributed by atoms with van der Waals surface area (Å²) in [6, 6.07) is 6.45. The van der Waals surface area contributed by atoms with Crippen molar-refractivity contribution in [3.8, 4) is 0 Å². The highest BCUT2D eigenvalue weighted by Crippen LogP contribution is 2.31. The molecule has 1 aromatic rings. The maximum Gasteiger partial charge on any atom is 0.184 e. The zero-order valence-electron chi connectivity index (χ0n) is 13.0. The number of carbonyl (C=O) groups excluding carboxylic acids is 2. The van der Waals surface area contributed by atoms with Gasteiger partial charge in [-0.1, -0.05) is 23.8 Å². The molecule has 0 radical (unpaired) electrons. The van der Waals surface area contributed by atoms with Crippen LogP contribution in [0.2, 0.25) is 0 Å². The number of aryl methyl sites for hydroxylation is 1. The third-order valence-corrected chi connectivity index (χ3v) is 4.13. The number of carbonyl (C=O) groups is 2. The summed E-state index contributed by atoms with van der Waals surface area (Å²) in [6.45, 7) is 0.965. The lowest BCUT2D eigenvalue weighted by Gasteiger charge is -2.45. The Balaban J connectivity index is 2.24. The van der Waals surface area contributed by atoms with Gasteiger partial charge >= 0.3 is 0 Å². The molecule has 0 bridgehead atoms. The van der Waals surface area contributed by atoms with Crippen molar-refractivity contribution in [3.05, 3.63) is 35.4 Å². The molecule has 5 atom stereocenters. The molecular weight excluding hydrogens is 320 g/mol. The van der Waals surface area contributed by atoms with E-state index in [-0.39, 0.29) is 5.56 Å². The first-order valence-corrected chi connectivity index (χ1v) is 7.37. The van der Waals surface area contributed by atoms with Crippen molar-refractivity contribution in [1.82, 2.24) is 0 Å². The van der Waals surface area contributed by atoms with Gasteiger partial charge in [-0.2, -0.15) is 0 Å². The lowest BCUT2D eigenvalue weighted by molar-refractivity contribution is -0.311. The highest BCUT2D eigenvalue weighted by atomic mass is 16.6. The van der Waals surface area contributed by atoms with Gasteiger partial charge in [-0.25, -0.2) is 0 Å². The molecule has 1 fully saturated rings. The minimum atomic E-state index is -2.83. The molecule has 1 aliphatic heterocycles. The zero-order valence-corrected chi connectivity index (χ0v) is 13.0. The molecule has 0 aliphatic carbocycles. The van der Waals surface area contributed by atoms with E-state index in [4.69, 9.17) is 9.84 Å². The van der Waals surface area contributed by atoms with E-state index in [0.717, 1.165) is 5.56 Å². The van der Waals surface area contributed by atoms with Gasteiger partial charge in [0, 0.05) is 5.56 Å². The van der Waals surface area contributed by atoms with Gasteiger partial charge in [-0.05, 0) is 13.0 Å². The molecule has 2 rings (SSSR count). The van der Waals surface area contributed by atoms with E-state index in [0.29, 0.717) is 0 Å². The predicted octanol–water partition coefficient (Wildman–Crippen LogP) is -1.70. The third kappa shape index (κ3) is 3.25. The average Bonchev–Trinajstić information content (AvgIpc) is 2.56. The second-order valence-corrected chi connectivity index (χ2v) is 5.86. The summed E-state index contributed by atoms with van der Waals surface area (Å²) in [5.41, 5.74) is -1.79. The summed E-state index contributed by atoms with van der Waals surface area (Å²) in [4.78, 5) is 24.6. The van der Waals surface area contributed by atoms with Gasteiger partial charge in [-0.3, -0.25) is 9.59 Å². The summed E-state index contributed by atoms with van der Waals surface area (Å²) in [6.07, 6.45) is -8.43. The smallest absolute Gasteiger partial charge is 0.184 e. The van der Waals surface area contributed by atoms with Gasteiger partial charge in [0.05, 0.1) is 13.0 Å². The molecule has 0 unspecified atom stereocenters. The van der Waals surface area contributed by atoms with Crippen LogP contribution in [0, 0.1) is 6.92 Å².